The third-order valence-electron chi connectivity index (χ3n) is 3.21. The molecule has 1 aliphatic rings. The fraction of sp³-hybridized carbons (Fsp3) is 0.385. The second kappa shape index (κ2) is 4.66. The maximum absolute atomic E-state index is 10.4. The number of nitrogens with zero attached hydrogens (tertiary/aromatic N) is 2. The predicted molar refractivity (Wildman–Crippen MR) is 73.8 cm³/mol. The molecule has 0 radical (unpaired) electrons. The number of hydrogen-bond acceptors (Lipinski definition) is 5. The van der Waals surface area contributed by atoms with Crippen LogP contribution in [0.5, 0.6) is 0 Å². The molecule has 0 bridgehead atoms. The molecule has 0 saturated heterocycles. The van der Waals surface area contributed by atoms with Gasteiger partial charge in [0.05, 0.1) is 15.8 Å². The Bertz CT molecular complexity index is 580. The summed E-state index contributed by atoms with van der Waals surface area (Å²) in [6.07, 6.45) is 8.40. The van der Waals surface area contributed by atoms with Crippen molar-refractivity contribution < 1.29 is 5.11 Å². The first kappa shape index (κ1) is 11.6. The molecule has 0 fully saturated rings. The van der Waals surface area contributed by atoms with Crippen molar-refractivity contribution in [2.45, 2.75) is 24.9 Å². The molecule has 4 nitrogen and oxygen atoms in total. The molecule has 0 aliphatic heterocycles. The molecular formula is C13H15N3OS. The van der Waals surface area contributed by atoms with Crippen molar-refractivity contribution in [2.24, 2.45) is 0 Å². The van der Waals surface area contributed by atoms with Crippen molar-refractivity contribution >= 4 is 27.4 Å². The van der Waals surface area contributed by atoms with Crippen LogP contribution in [0.4, 0.5) is 5.82 Å². The standard InChI is InChI=1S/C13H15N3OS/c17-13(5-2-1-3-6-13)8-14-12-11-10(4-7-18-11)15-9-16-12/h2,4-5,7,9,17H,1,3,6,8H2,(H,14,15,16). The van der Waals surface area contributed by atoms with E-state index in [1.807, 2.05) is 23.6 Å². The van der Waals surface area contributed by atoms with E-state index in [-0.39, 0.29) is 0 Å². The maximum Gasteiger partial charge on any atom is 0.147 e. The Balaban J connectivity index is 1.78. The molecule has 18 heavy (non-hydrogen) atoms. The van der Waals surface area contributed by atoms with Gasteiger partial charge in [-0.1, -0.05) is 12.2 Å². The number of thiophene rings is 1. The van der Waals surface area contributed by atoms with Crippen LogP contribution in [0.15, 0.2) is 29.9 Å². The summed E-state index contributed by atoms with van der Waals surface area (Å²) in [5.41, 5.74) is 0.205. The molecule has 5 heteroatoms. The molecule has 1 atom stereocenters. The van der Waals surface area contributed by atoms with Crippen molar-refractivity contribution in [3.63, 3.8) is 0 Å². The van der Waals surface area contributed by atoms with Crippen LogP contribution in [0.25, 0.3) is 10.2 Å². The maximum atomic E-state index is 10.4. The van der Waals surface area contributed by atoms with Gasteiger partial charge in [0.2, 0.25) is 0 Å². The minimum absolute atomic E-state index is 0.494. The van der Waals surface area contributed by atoms with E-state index < -0.39 is 5.60 Å². The number of rotatable bonds is 3. The van der Waals surface area contributed by atoms with Crippen molar-refractivity contribution in [2.75, 3.05) is 11.9 Å². The third kappa shape index (κ3) is 2.23. The van der Waals surface area contributed by atoms with Gasteiger partial charge in [-0.3, -0.25) is 0 Å². The fourth-order valence-electron chi connectivity index (χ4n) is 2.21. The highest BCUT2D eigenvalue weighted by Crippen LogP contribution is 2.27. The van der Waals surface area contributed by atoms with Gasteiger partial charge in [-0.15, -0.1) is 11.3 Å². The Morgan fingerprint density at radius 1 is 1.44 bits per heavy atom. The molecule has 0 aromatic carbocycles. The van der Waals surface area contributed by atoms with E-state index in [0.717, 1.165) is 35.3 Å². The van der Waals surface area contributed by atoms with Crippen LogP contribution in [0.2, 0.25) is 0 Å². The lowest BCUT2D eigenvalue weighted by atomic mass is 9.91. The van der Waals surface area contributed by atoms with Crippen LogP contribution in [-0.2, 0) is 0 Å². The number of allylic oxidation sites excluding steroid dienone is 1. The summed E-state index contributed by atoms with van der Waals surface area (Å²) in [5, 5.41) is 15.6. The van der Waals surface area contributed by atoms with E-state index in [1.165, 1.54) is 0 Å². The van der Waals surface area contributed by atoms with Crippen LogP contribution >= 0.6 is 11.3 Å². The first-order chi connectivity index (χ1) is 8.77. The fourth-order valence-corrected chi connectivity index (χ4v) is 3.02. The summed E-state index contributed by atoms with van der Waals surface area (Å²) in [6.45, 7) is 0.494. The van der Waals surface area contributed by atoms with Crippen LogP contribution in [-0.4, -0.2) is 27.2 Å². The summed E-state index contributed by atoms with van der Waals surface area (Å²) in [5.74, 6) is 0.808. The first-order valence-corrected chi connectivity index (χ1v) is 6.97. The quantitative estimate of drug-likeness (QED) is 0.834. The first-order valence-electron chi connectivity index (χ1n) is 6.09. The Kier molecular flexibility index (Phi) is 3.01. The van der Waals surface area contributed by atoms with E-state index in [2.05, 4.69) is 15.3 Å². The van der Waals surface area contributed by atoms with E-state index in [4.69, 9.17) is 0 Å². The van der Waals surface area contributed by atoms with Gasteiger partial charge in [0.15, 0.2) is 0 Å². The average molecular weight is 261 g/mol. The minimum Gasteiger partial charge on any atom is -0.384 e. The van der Waals surface area contributed by atoms with Crippen molar-refractivity contribution in [1.82, 2.24) is 9.97 Å². The lowest BCUT2D eigenvalue weighted by molar-refractivity contribution is 0.0880. The number of hydrogen-bond donors (Lipinski definition) is 2. The van der Waals surface area contributed by atoms with Crippen molar-refractivity contribution in [3.05, 3.63) is 29.9 Å². The molecule has 2 heterocycles. The molecule has 0 amide bonds. The number of fused-ring (bicyclic) bond motifs is 1. The normalized spacial score (nSPS) is 23.4. The highest BCUT2D eigenvalue weighted by molar-refractivity contribution is 7.17. The number of aliphatic hydroxyl groups is 1. The van der Waals surface area contributed by atoms with E-state index >= 15 is 0 Å². The van der Waals surface area contributed by atoms with E-state index in [9.17, 15) is 5.11 Å². The van der Waals surface area contributed by atoms with Gasteiger partial charge in [-0.2, -0.15) is 0 Å². The summed E-state index contributed by atoms with van der Waals surface area (Å²) in [4.78, 5) is 8.44. The zero-order valence-corrected chi connectivity index (χ0v) is 10.8. The molecule has 3 rings (SSSR count). The average Bonchev–Trinajstić information content (AvgIpc) is 2.86. The Morgan fingerprint density at radius 3 is 3.22 bits per heavy atom. The number of aromatic nitrogens is 2. The van der Waals surface area contributed by atoms with Gasteiger partial charge < -0.3 is 10.4 Å². The topological polar surface area (TPSA) is 58.0 Å². The molecule has 1 unspecified atom stereocenters. The van der Waals surface area contributed by atoms with Crippen LogP contribution < -0.4 is 5.32 Å². The van der Waals surface area contributed by atoms with E-state index in [0.29, 0.717) is 6.54 Å². The SMILES string of the molecule is OC1(CNc2ncnc3ccsc23)C=CCCC1. The smallest absolute Gasteiger partial charge is 0.147 e. The van der Waals surface area contributed by atoms with Gasteiger partial charge in [0.1, 0.15) is 12.1 Å². The second-order valence-corrected chi connectivity index (χ2v) is 5.53. The zero-order valence-electron chi connectivity index (χ0n) is 9.97. The highest BCUT2D eigenvalue weighted by Gasteiger charge is 2.25. The molecule has 0 saturated carbocycles. The lowest BCUT2D eigenvalue weighted by Crippen LogP contribution is -2.36. The minimum atomic E-state index is -0.743. The number of anilines is 1. The van der Waals surface area contributed by atoms with E-state index in [1.54, 1.807) is 17.7 Å². The molecule has 2 N–H and O–H groups in total. The van der Waals surface area contributed by atoms with Gasteiger partial charge in [-0.05, 0) is 30.7 Å². The Morgan fingerprint density at radius 2 is 2.39 bits per heavy atom. The van der Waals surface area contributed by atoms with Crippen molar-refractivity contribution in [1.29, 1.82) is 0 Å². The largest absolute Gasteiger partial charge is 0.384 e. The summed E-state index contributed by atoms with van der Waals surface area (Å²) < 4.78 is 1.04. The molecular weight excluding hydrogens is 246 g/mol. The lowest BCUT2D eigenvalue weighted by Gasteiger charge is -2.27. The van der Waals surface area contributed by atoms with Crippen molar-refractivity contribution in [3.8, 4) is 0 Å². The van der Waals surface area contributed by atoms with Crippen LogP contribution in [0.1, 0.15) is 19.3 Å². The summed E-state index contributed by atoms with van der Waals surface area (Å²) >= 11 is 1.61. The Labute approximate surface area is 109 Å². The zero-order chi connectivity index (χ0) is 12.4. The van der Waals surface area contributed by atoms with Gasteiger partial charge in [0, 0.05) is 6.54 Å². The molecule has 94 valence electrons. The summed E-state index contributed by atoms with van der Waals surface area (Å²) in [6, 6.07) is 1.97. The highest BCUT2D eigenvalue weighted by atomic mass is 32.1. The predicted octanol–water partition coefficient (Wildman–Crippen LogP) is 2.57. The molecule has 1 aliphatic carbocycles. The third-order valence-corrected chi connectivity index (χ3v) is 4.12. The van der Waals surface area contributed by atoms with Gasteiger partial charge in [-0.25, -0.2) is 9.97 Å². The molecule has 2 aromatic heterocycles. The van der Waals surface area contributed by atoms with Gasteiger partial charge in [0.25, 0.3) is 0 Å². The number of nitrogens with one attached hydrogen (secondary N) is 1. The second-order valence-electron chi connectivity index (χ2n) is 4.61. The van der Waals surface area contributed by atoms with Crippen LogP contribution in [0, 0.1) is 0 Å². The molecule has 2 aromatic rings. The van der Waals surface area contributed by atoms with Gasteiger partial charge >= 0.3 is 0 Å². The molecule has 0 spiro atoms. The Hall–Kier alpha value is -1.46. The monoisotopic (exact) mass is 261 g/mol. The van der Waals surface area contributed by atoms with Crippen LogP contribution in [0.3, 0.4) is 0 Å². The summed E-state index contributed by atoms with van der Waals surface area (Å²) in [7, 11) is 0.